The number of benzene rings is 2. The van der Waals surface area contributed by atoms with E-state index in [-0.39, 0.29) is 5.91 Å². The number of carbonyl (C=O) groups excluding carboxylic acids is 1. The lowest BCUT2D eigenvalue weighted by molar-refractivity contribution is -0.121. The second-order valence-electron chi connectivity index (χ2n) is 7.27. The molecule has 3 nitrogen and oxygen atoms in total. The summed E-state index contributed by atoms with van der Waals surface area (Å²) in [5.41, 5.74) is 2.57. The smallest absolute Gasteiger partial charge is 0.221 e. The molecule has 27 heavy (non-hydrogen) atoms. The second kappa shape index (κ2) is 12.3. The van der Waals surface area contributed by atoms with Crippen molar-refractivity contribution < 1.29 is 4.79 Å². The number of rotatable bonds is 9. The first-order chi connectivity index (χ1) is 13.2. The van der Waals surface area contributed by atoms with Crippen LogP contribution >= 0.6 is 0 Å². The Labute approximate surface area is 164 Å². The minimum Gasteiger partial charge on any atom is -0.353 e. The van der Waals surface area contributed by atoms with E-state index in [9.17, 15) is 4.79 Å². The highest BCUT2D eigenvalue weighted by molar-refractivity contribution is 5.76. The molecule has 1 aliphatic rings. The highest BCUT2D eigenvalue weighted by atomic mass is 16.1. The first-order valence-corrected chi connectivity index (χ1v) is 10.3. The lowest BCUT2D eigenvalue weighted by Gasteiger charge is -2.22. The van der Waals surface area contributed by atoms with E-state index in [0.29, 0.717) is 12.5 Å². The topological polar surface area (TPSA) is 32.3 Å². The van der Waals surface area contributed by atoms with Gasteiger partial charge >= 0.3 is 0 Å². The molecule has 0 radical (unpaired) electrons. The molecule has 1 fully saturated rings. The zero-order valence-corrected chi connectivity index (χ0v) is 16.9. The van der Waals surface area contributed by atoms with Crippen LogP contribution in [0.4, 0.5) is 0 Å². The summed E-state index contributed by atoms with van der Waals surface area (Å²) in [4.78, 5) is 14.3. The maximum atomic E-state index is 12.0. The minimum atomic E-state index is 0.179. The lowest BCUT2D eigenvalue weighted by Crippen LogP contribution is -2.31. The Balaban J connectivity index is 0.000000596. The molecule has 1 amide bonds. The third-order valence-electron chi connectivity index (χ3n) is 4.60. The molecule has 3 heteroatoms. The number of carbonyl (C=O) groups is 1. The number of nitrogens with one attached hydrogen (secondary N) is 1. The van der Waals surface area contributed by atoms with Gasteiger partial charge in [-0.05, 0) is 24.0 Å². The van der Waals surface area contributed by atoms with Gasteiger partial charge in [0, 0.05) is 32.1 Å². The molecule has 146 valence electrons. The number of nitrogens with zero attached hydrogens (tertiary/aromatic N) is 1. The highest BCUT2D eigenvalue weighted by Gasteiger charge is 2.23. The van der Waals surface area contributed by atoms with E-state index < -0.39 is 0 Å². The van der Waals surface area contributed by atoms with Crippen molar-refractivity contribution in [2.75, 3.05) is 6.54 Å². The van der Waals surface area contributed by atoms with Gasteiger partial charge in [0.2, 0.25) is 5.91 Å². The first kappa shape index (κ1) is 21.2. The van der Waals surface area contributed by atoms with Crippen molar-refractivity contribution in [2.45, 2.75) is 65.1 Å². The Morgan fingerprint density at radius 1 is 0.889 bits per heavy atom. The Morgan fingerprint density at radius 2 is 1.37 bits per heavy atom. The van der Waals surface area contributed by atoms with Gasteiger partial charge in [0.05, 0.1) is 0 Å². The molecular formula is C24H34N2O. The Morgan fingerprint density at radius 3 is 1.78 bits per heavy atom. The van der Waals surface area contributed by atoms with E-state index in [0.717, 1.165) is 32.5 Å². The van der Waals surface area contributed by atoms with Crippen molar-refractivity contribution in [3.05, 3.63) is 71.8 Å². The zero-order valence-electron chi connectivity index (χ0n) is 16.9. The summed E-state index contributed by atoms with van der Waals surface area (Å²) >= 11 is 0. The van der Waals surface area contributed by atoms with Crippen molar-refractivity contribution in [3.8, 4) is 0 Å². The summed E-state index contributed by atoms with van der Waals surface area (Å²) in [6.45, 7) is 6.88. The maximum absolute atomic E-state index is 12.0. The van der Waals surface area contributed by atoms with Crippen LogP contribution in [0.1, 0.15) is 57.1 Å². The normalized spacial score (nSPS) is 13.0. The fourth-order valence-corrected chi connectivity index (χ4v) is 2.68. The van der Waals surface area contributed by atoms with Gasteiger partial charge in [-0.15, -0.1) is 0 Å². The van der Waals surface area contributed by atoms with Crippen LogP contribution in [-0.2, 0) is 17.9 Å². The number of hydrogen-bond acceptors (Lipinski definition) is 2. The SMILES string of the molecule is CCCC.O=C(CCN(Cc1ccccc1)Cc1ccccc1)NC1CC1. The third-order valence-corrected chi connectivity index (χ3v) is 4.60. The van der Waals surface area contributed by atoms with Gasteiger partial charge in [0.15, 0.2) is 0 Å². The molecule has 0 spiro atoms. The van der Waals surface area contributed by atoms with Gasteiger partial charge in [-0.3, -0.25) is 9.69 Å². The van der Waals surface area contributed by atoms with Crippen molar-refractivity contribution in [3.63, 3.8) is 0 Å². The Kier molecular flexibility index (Phi) is 9.64. The number of hydrogen-bond donors (Lipinski definition) is 1. The standard InChI is InChI=1S/C20H24N2O.C4H10/c23-20(21-19-11-12-19)13-14-22(15-17-7-3-1-4-8-17)16-18-9-5-2-6-10-18;1-3-4-2/h1-10,19H,11-16H2,(H,21,23);3-4H2,1-2H3. The van der Waals surface area contributed by atoms with Gasteiger partial charge in [0.25, 0.3) is 0 Å². The van der Waals surface area contributed by atoms with Crippen molar-refractivity contribution in [1.82, 2.24) is 10.2 Å². The monoisotopic (exact) mass is 366 g/mol. The molecule has 0 heterocycles. The molecule has 0 bridgehead atoms. The molecule has 0 atom stereocenters. The van der Waals surface area contributed by atoms with Crippen LogP contribution in [0.25, 0.3) is 0 Å². The van der Waals surface area contributed by atoms with Crippen LogP contribution < -0.4 is 5.32 Å². The average molecular weight is 367 g/mol. The van der Waals surface area contributed by atoms with Gasteiger partial charge in [-0.25, -0.2) is 0 Å². The van der Waals surface area contributed by atoms with Crippen LogP contribution in [0, 0.1) is 0 Å². The average Bonchev–Trinajstić information content (AvgIpc) is 3.52. The summed E-state index contributed by atoms with van der Waals surface area (Å²) in [7, 11) is 0. The molecule has 0 unspecified atom stereocenters. The van der Waals surface area contributed by atoms with Crippen molar-refractivity contribution in [1.29, 1.82) is 0 Å². The molecule has 1 saturated carbocycles. The first-order valence-electron chi connectivity index (χ1n) is 10.3. The molecule has 0 aromatic heterocycles. The molecular weight excluding hydrogens is 332 g/mol. The van der Waals surface area contributed by atoms with E-state index in [2.05, 4.69) is 72.6 Å². The maximum Gasteiger partial charge on any atom is 0.221 e. The fraction of sp³-hybridized carbons (Fsp3) is 0.458. The van der Waals surface area contributed by atoms with Gasteiger partial charge < -0.3 is 5.32 Å². The molecule has 1 N–H and O–H groups in total. The highest BCUT2D eigenvalue weighted by Crippen LogP contribution is 2.18. The summed E-state index contributed by atoms with van der Waals surface area (Å²) in [6, 6.07) is 21.3. The van der Waals surface area contributed by atoms with Gasteiger partial charge in [0.1, 0.15) is 0 Å². The number of amides is 1. The summed E-state index contributed by atoms with van der Waals surface area (Å²) in [6.07, 6.45) is 5.49. The van der Waals surface area contributed by atoms with Crippen molar-refractivity contribution in [2.24, 2.45) is 0 Å². The molecule has 3 rings (SSSR count). The zero-order chi connectivity index (χ0) is 19.3. The van der Waals surface area contributed by atoms with E-state index in [1.807, 2.05) is 12.1 Å². The summed E-state index contributed by atoms with van der Waals surface area (Å²) < 4.78 is 0. The Hall–Kier alpha value is -2.13. The quantitative estimate of drug-likeness (QED) is 0.664. The van der Waals surface area contributed by atoms with Gasteiger partial charge in [-0.2, -0.15) is 0 Å². The Bertz CT molecular complexity index is 594. The molecule has 1 aliphatic carbocycles. The third kappa shape index (κ3) is 9.39. The predicted octanol–water partition coefficient (Wildman–Crippen LogP) is 5.16. The van der Waals surface area contributed by atoms with Crippen molar-refractivity contribution >= 4 is 5.91 Å². The molecule has 2 aromatic carbocycles. The largest absolute Gasteiger partial charge is 0.353 e. The summed E-state index contributed by atoms with van der Waals surface area (Å²) in [5.74, 6) is 0.179. The van der Waals surface area contributed by atoms with Crippen LogP contribution in [0.2, 0.25) is 0 Å². The van der Waals surface area contributed by atoms with E-state index >= 15 is 0 Å². The van der Waals surface area contributed by atoms with E-state index in [1.165, 1.54) is 24.0 Å². The summed E-state index contributed by atoms with van der Waals surface area (Å²) in [5, 5.41) is 3.07. The van der Waals surface area contributed by atoms with Crippen LogP contribution in [0.3, 0.4) is 0 Å². The number of unbranched alkanes of at least 4 members (excludes halogenated alkanes) is 1. The van der Waals surface area contributed by atoms with Gasteiger partial charge in [-0.1, -0.05) is 87.4 Å². The van der Waals surface area contributed by atoms with Crippen LogP contribution in [0.5, 0.6) is 0 Å². The van der Waals surface area contributed by atoms with Crippen LogP contribution in [-0.4, -0.2) is 23.4 Å². The van der Waals surface area contributed by atoms with E-state index in [4.69, 9.17) is 0 Å². The fourth-order valence-electron chi connectivity index (χ4n) is 2.68. The predicted molar refractivity (Wildman–Crippen MR) is 113 cm³/mol. The molecule has 0 aliphatic heterocycles. The minimum absolute atomic E-state index is 0.179. The molecule has 0 saturated heterocycles. The van der Waals surface area contributed by atoms with Crippen LogP contribution in [0.15, 0.2) is 60.7 Å². The second-order valence-corrected chi connectivity index (χ2v) is 7.27. The lowest BCUT2D eigenvalue weighted by atomic mass is 10.1. The molecule has 2 aromatic rings. The van der Waals surface area contributed by atoms with E-state index in [1.54, 1.807) is 0 Å².